The van der Waals surface area contributed by atoms with Gasteiger partial charge in [-0.25, -0.2) is 5.43 Å². The number of phenolic OH excluding ortho intramolecular Hbond substituents is 1. The van der Waals surface area contributed by atoms with Crippen molar-refractivity contribution in [2.24, 2.45) is 5.10 Å². The Labute approximate surface area is 175 Å². The van der Waals surface area contributed by atoms with Crippen molar-refractivity contribution in [3.05, 3.63) is 26.6 Å². The third kappa shape index (κ3) is 5.37. The van der Waals surface area contributed by atoms with Gasteiger partial charge in [-0.05, 0) is 49.6 Å². The Hall–Kier alpha value is -1.76. The Balaban J connectivity index is 1.51. The van der Waals surface area contributed by atoms with Crippen molar-refractivity contribution >= 4 is 61.5 Å². The highest BCUT2D eigenvalue weighted by molar-refractivity contribution is 9.11. The molecule has 1 saturated heterocycles. The van der Waals surface area contributed by atoms with Crippen molar-refractivity contribution in [2.75, 3.05) is 37.8 Å². The van der Waals surface area contributed by atoms with Crippen molar-refractivity contribution in [2.45, 2.75) is 0 Å². The largest absolute Gasteiger partial charge is 0.506 e. The molecule has 1 amide bonds. The molecule has 2 N–H and O–H groups in total. The topological polar surface area (TPSA) is 109 Å². The van der Waals surface area contributed by atoms with Crippen molar-refractivity contribution in [3.8, 4) is 11.6 Å². The van der Waals surface area contributed by atoms with Crippen LogP contribution in [0.2, 0.25) is 0 Å². The highest BCUT2D eigenvalue weighted by atomic mass is 79.9. The minimum absolute atomic E-state index is 0.0949. The normalized spacial score (nSPS) is 14.5. The molecule has 1 aromatic heterocycles. The number of rotatable bonds is 6. The Kier molecular flexibility index (Phi) is 6.99. The number of carbonyl (C=O) groups is 1. The minimum atomic E-state index is -0.427. The van der Waals surface area contributed by atoms with E-state index < -0.39 is 5.91 Å². The van der Waals surface area contributed by atoms with Gasteiger partial charge in [0.2, 0.25) is 5.82 Å². The number of morpholine rings is 1. The summed E-state index contributed by atoms with van der Waals surface area (Å²) in [6, 6.07) is 3.34. The molecule has 0 atom stereocenters. The molecule has 1 aliphatic heterocycles. The van der Waals surface area contributed by atoms with Crippen LogP contribution in [-0.4, -0.2) is 58.9 Å². The third-order valence-corrected chi connectivity index (χ3v) is 5.25. The summed E-state index contributed by atoms with van der Waals surface area (Å²) in [5.74, 6) is 0.618. The van der Waals surface area contributed by atoms with Crippen LogP contribution in [0, 0.1) is 0 Å². The Morgan fingerprint density at radius 2 is 2.07 bits per heavy atom. The second-order valence-corrected chi connectivity index (χ2v) is 7.64. The molecule has 3 rings (SSSR count). The van der Waals surface area contributed by atoms with Gasteiger partial charge in [0.25, 0.3) is 11.8 Å². The van der Waals surface area contributed by atoms with Gasteiger partial charge in [-0.3, -0.25) is 4.79 Å². The summed E-state index contributed by atoms with van der Waals surface area (Å²) in [5, 5.41) is 13.6. The molecular formula is C15H15Br2N5O4S. The molecule has 1 aliphatic rings. The number of amides is 1. The molecule has 2 aromatic rings. The van der Waals surface area contributed by atoms with E-state index in [-0.39, 0.29) is 12.4 Å². The number of hydrogen-bond acceptors (Lipinski definition) is 9. The van der Waals surface area contributed by atoms with E-state index in [0.717, 1.165) is 11.7 Å². The maximum Gasteiger partial charge on any atom is 0.278 e. The van der Waals surface area contributed by atoms with Gasteiger partial charge < -0.3 is 19.5 Å². The van der Waals surface area contributed by atoms with Gasteiger partial charge in [0.05, 0.1) is 40.1 Å². The summed E-state index contributed by atoms with van der Waals surface area (Å²) in [7, 11) is 0. The van der Waals surface area contributed by atoms with Crippen molar-refractivity contribution in [3.63, 3.8) is 0 Å². The number of halogens is 2. The fourth-order valence-corrected chi connectivity index (χ4v) is 3.98. The molecule has 144 valence electrons. The maximum absolute atomic E-state index is 11.9. The minimum Gasteiger partial charge on any atom is -0.506 e. The fraction of sp³-hybridized carbons (Fsp3) is 0.333. The van der Waals surface area contributed by atoms with Crippen LogP contribution >= 0.6 is 43.6 Å². The second kappa shape index (κ2) is 9.44. The quantitative estimate of drug-likeness (QED) is 0.443. The number of anilines is 1. The van der Waals surface area contributed by atoms with E-state index in [1.54, 1.807) is 12.1 Å². The third-order valence-electron chi connectivity index (χ3n) is 3.54. The predicted molar refractivity (Wildman–Crippen MR) is 108 cm³/mol. The number of nitrogens with one attached hydrogen (secondary N) is 1. The van der Waals surface area contributed by atoms with Crippen LogP contribution in [0.3, 0.4) is 0 Å². The smallest absolute Gasteiger partial charge is 0.278 e. The van der Waals surface area contributed by atoms with E-state index in [9.17, 15) is 9.90 Å². The van der Waals surface area contributed by atoms with Gasteiger partial charge in [0.15, 0.2) is 6.61 Å². The Morgan fingerprint density at radius 1 is 1.37 bits per heavy atom. The standard InChI is InChI=1S/C15H15Br2N5O4S/c16-10-5-9(6-11(17)13(10)24)7-18-19-12(23)8-26-15-14(20-27-21-15)22-1-3-25-4-2-22/h5-7,24H,1-4,8H2,(H,19,23). The lowest BCUT2D eigenvalue weighted by Crippen LogP contribution is -2.36. The molecule has 0 spiro atoms. The summed E-state index contributed by atoms with van der Waals surface area (Å²) >= 11 is 7.50. The zero-order chi connectivity index (χ0) is 19.2. The number of carbonyl (C=O) groups excluding carboxylic acids is 1. The first-order chi connectivity index (χ1) is 13.0. The molecule has 0 radical (unpaired) electrons. The summed E-state index contributed by atoms with van der Waals surface area (Å²) in [4.78, 5) is 13.9. The molecule has 12 heteroatoms. The lowest BCUT2D eigenvalue weighted by atomic mass is 10.2. The predicted octanol–water partition coefficient (Wildman–Crippen LogP) is 2.13. The van der Waals surface area contributed by atoms with E-state index in [4.69, 9.17) is 9.47 Å². The van der Waals surface area contributed by atoms with Crippen LogP contribution in [0.15, 0.2) is 26.2 Å². The van der Waals surface area contributed by atoms with Crippen LogP contribution in [0.25, 0.3) is 0 Å². The number of hydrazone groups is 1. The Morgan fingerprint density at radius 3 is 2.78 bits per heavy atom. The van der Waals surface area contributed by atoms with Crippen molar-refractivity contribution in [1.82, 2.24) is 14.2 Å². The molecule has 0 bridgehead atoms. The molecule has 27 heavy (non-hydrogen) atoms. The summed E-state index contributed by atoms with van der Waals surface area (Å²) < 4.78 is 20.1. The highest BCUT2D eigenvalue weighted by Crippen LogP contribution is 2.32. The number of hydrogen-bond donors (Lipinski definition) is 2. The zero-order valence-electron chi connectivity index (χ0n) is 13.9. The molecule has 1 fully saturated rings. The average Bonchev–Trinajstić information content (AvgIpc) is 3.14. The van der Waals surface area contributed by atoms with Crippen LogP contribution in [0.1, 0.15) is 5.56 Å². The van der Waals surface area contributed by atoms with Crippen LogP contribution in [0.4, 0.5) is 5.82 Å². The number of benzene rings is 1. The van der Waals surface area contributed by atoms with E-state index >= 15 is 0 Å². The first kappa shape index (κ1) is 20.0. The van der Waals surface area contributed by atoms with E-state index in [2.05, 4.69) is 51.1 Å². The van der Waals surface area contributed by atoms with E-state index in [0.29, 0.717) is 52.5 Å². The lowest BCUT2D eigenvalue weighted by molar-refractivity contribution is -0.123. The summed E-state index contributed by atoms with van der Waals surface area (Å²) in [6.07, 6.45) is 1.45. The van der Waals surface area contributed by atoms with Gasteiger partial charge in [0.1, 0.15) is 5.75 Å². The van der Waals surface area contributed by atoms with Gasteiger partial charge in [-0.1, -0.05) is 0 Å². The summed E-state index contributed by atoms with van der Waals surface area (Å²) in [5.41, 5.74) is 3.07. The van der Waals surface area contributed by atoms with E-state index in [1.807, 2.05) is 4.90 Å². The fourth-order valence-electron chi connectivity index (χ4n) is 2.24. The zero-order valence-corrected chi connectivity index (χ0v) is 17.9. The number of phenols is 1. The summed E-state index contributed by atoms with van der Waals surface area (Å²) in [6.45, 7) is 2.42. The first-order valence-electron chi connectivity index (χ1n) is 7.82. The number of aromatic nitrogens is 2. The second-order valence-electron chi connectivity index (χ2n) is 5.41. The van der Waals surface area contributed by atoms with Gasteiger partial charge in [-0.15, -0.1) is 4.37 Å². The number of aromatic hydroxyl groups is 1. The van der Waals surface area contributed by atoms with Crippen LogP contribution in [0.5, 0.6) is 11.6 Å². The van der Waals surface area contributed by atoms with Gasteiger partial charge >= 0.3 is 0 Å². The highest BCUT2D eigenvalue weighted by Gasteiger charge is 2.20. The molecule has 9 nitrogen and oxygen atoms in total. The van der Waals surface area contributed by atoms with Gasteiger partial charge in [-0.2, -0.15) is 9.47 Å². The monoisotopic (exact) mass is 519 g/mol. The molecule has 2 heterocycles. The number of ether oxygens (including phenoxy) is 2. The molecular weight excluding hydrogens is 506 g/mol. The molecule has 0 unspecified atom stereocenters. The Bertz CT molecular complexity index is 818. The maximum atomic E-state index is 11.9. The molecule has 1 aromatic carbocycles. The first-order valence-corrected chi connectivity index (χ1v) is 10.1. The lowest BCUT2D eigenvalue weighted by Gasteiger charge is -2.26. The average molecular weight is 521 g/mol. The SMILES string of the molecule is O=C(COc1nsnc1N1CCOCC1)NN=Cc1cc(Br)c(O)c(Br)c1. The number of nitrogens with zero attached hydrogens (tertiary/aromatic N) is 4. The van der Waals surface area contributed by atoms with Crippen LogP contribution < -0.4 is 15.1 Å². The van der Waals surface area contributed by atoms with Crippen LogP contribution in [-0.2, 0) is 9.53 Å². The molecule has 0 saturated carbocycles. The molecule has 0 aliphatic carbocycles. The van der Waals surface area contributed by atoms with Gasteiger partial charge in [0, 0.05) is 13.1 Å². The van der Waals surface area contributed by atoms with Crippen molar-refractivity contribution < 1.29 is 19.4 Å². The van der Waals surface area contributed by atoms with E-state index in [1.165, 1.54) is 6.21 Å². The van der Waals surface area contributed by atoms with Crippen molar-refractivity contribution in [1.29, 1.82) is 0 Å².